The summed E-state index contributed by atoms with van der Waals surface area (Å²) in [6, 6.07) is 13.8. The first-order chi connectivity index (χ1) is 11.1. The van der Waals surface area contributed by atoms with Crippen LogP contribution in [0.2, 0.25) is 0 Å². The van der Waals surface area contributed by atoms with E-state index in [2.05, 4.69) is 34.4 Å². The molecule has 3 N–H and O–H groups in total. The SMILES string of the molecule is CC(CN(C)Cc1ccccc1)NC(=O)c1ccnc(CN)c1. The third kappa shape index (κ3) is 5.47. The van der Waals surface area contributed by atoms with Crippen LogP contribution in [-0.4, -0.2) is 35.4 Å². The summed E-state index contributed by atoms with van der Waals surface area (Å²) in [5.41, 5.74) is 8.13. The third-order valence-electron chi connectivity index (χ3n) is 3.55. The molecule has 1 amide bonds. The summed E-state index contributed by atoms with van der Waals surface area (Å²) in [6.07, 6.45) is 1.61. The Bertz CT molecular complexity index is 630. The fourth-order valence-corrected chi connectivity index (χ4v) is 2.51. The van der Waals surface area contributed by atoms with E-state index in [0.29, 0.717) is 17.8 Å². The molecule has 0 aliphatic rings. The zero-order chi connectivity index (χ0) is 16.7. The van der Waals surface area contributed by atoms with E-state index in [1.54, 1.807) is 18.3 Å². The molecule has 1 atom stereocenters. The van der Waals surface area contributed by atoms with Gasteiger partial charge in [-0.15, -0.1) is 0 Å². The molecular formula is C18H24N4O. The summed E-state index contributed by atoms with van der Waals surface area (Å²) in [5, 5.41) is 3.01. The van der Waals surface area contributed by atoms with Gasteiger partial charge in [-0.05, 0) is 31.7 Å². The smallest absolute Gasteiger partial charge is 0.251 e. The van der Waals surface area contributed by atoms with Crippen LogP contribution in [0.25, 0.3) is 0 Å². The first kappa shape index (κ1) is 17.1. The van der Waals surface area contributed by atoms with Gasteiger partial charge in [0.1, 0.15) is 0 Å². The van der Waals surface area contributed by atoms with Crippen LogP contribution < -0.4 is 11.1 Å². The molecule has 1 aromatic heterocycles. The summed E-state index contributed by atoms with van der Waals surface area (Å²) in [7, 11) is 2.05. The number of likely N-dealkylation sites (N-methyl/N-ethyl adjacent to an activating group) is 1. The Morgan fingerprint density at radius 2 is 2.04 bits per heavy atom. The number of carbonyl (C=O) groups excluding carboxylic acids is 1. The lowest BCUT2D eigenvalue weighted by Crippen LogP contribution is -2.40. The molecule has 1 heterocycles. The maximum Gasteiger partial charge on any atom is 0.251 e. The maximum absolute atomic E-state index is 12.3. The summed E-state index contributed by atoms with van der Waals surface area (Å²) in [6.45, 7) is 3.96. The van der Waals surface area contributed by atoms with Crippen molar-refractivity contribution in [2.45, 2.75) is 26.1 Å². The van der Waals surface area contributed by atoms with Crippen LogP contribution in [0.3, 0.4) is 0 Å². The second kappa shape index (κ2) is 8.41. The Hall–Kier alpha value is -2.24. The molecule has 0 bridgehead atoms. The predicted molar refractivity (Wildman–Crippen MR) is 91.8 cm³/mol. The summed E-state index contributed by atoms with van der Waals surface area (Å²) in [4.78, 5) is 18.6. The van der Waals surface area contributed by atoms with Crippen LogP contribution in [-0.2, 0) is 13.1 Å². The average Bonchev–Trinajstić information content (AvgIpc) is 2.55. The van der Waals surface area contributed by atoms with Gasteiger partial charge in [-0.1, -0.05) is 30.3 Å². The summed E-state index contributed by atoms with van der Waals surface area (Å²) in [5.74, 6) is -0.0947. The summed E-state index contributed by atoms with van der Waals surface area (Å²) >= 11 is 0. The normalized spacial score (nSPS) is 12.2. The Balaban J connectivity index is 1.85. The molecule has 0 saturated carbocycles. The molecule has 2 aromatic rings. The van der Waals surface area contributed by atoms with Crippen LogP contribution in [0.1, 0.15) is 28.5 Å². The minimum absolute atomic E-state index is 0.0469. The number of nitrogens with two attached hydrogens (primary N) is 1. The van der Waals surface area contributed by atoms with E-state index in [1.165, 1.54) is 5.56 Å². The number of amides is 1. The quantitative estimate of drug-likeness (QED) is 0.818. The average molecular weight is 312 g/mol. The van der Waals surface area contributed by atoms with Crippen molar-refractivity contribution in [3.05, 3.63) is 65.5 Å². The lowest BCUT2D eigenvalue weighted by atomic mass is 10.2. The number of aromatic nitrogens is 1. The van der Waals surface area contributed by atoms with Crippen LogP contribution in [0.5, 0.6) is 0 Å². The van der Waals surface area contributed by atoms with Gasteiger partial charge in [0.15, 0.2) is 0 Å². The molecule has 0 saturated heterocycles. The van der Waals surface area contributed by atoms with Gasteiger partial charge in [-0.3, -0.25) is 9.78 Å². The standard InChI is InChI=1S/C18H24N4O/c1-14(12-22(2)13-15-6-4-3-5-7-15)21-18(23)16-8-9-20-17(10-16)11-19/h3-10,14H,11-13,19H2,1-2H3,(H,21,23). The van der Waals surface area contributed by atoms with Crippen molar-refractivity contribution in [2.75, 3.05) is 13.6 Å². The fraction of sp³-hybridized carbons (Fsp3) is 0.333. The molecule has 0 aliphatic heterocycles. The van der Waals surface area contributed by atoms with Gasteiger partial charge in [0.05, 0.1) is 5.69 Å². The number of hydrogen-bond donors (Lipinski definition) is 2. The molecule has 0 aliphatic carbocycles. The molecule has 0 radical (unpaired) electrons. The van der Waals surface area contributed by atoms with Gasteiger partial charge >= 0.3 is 0 Å². The van der Waals surface area contributed by atoms with Crippen LogP contribution in [0, 0.1) is 0 Å². The number of hydrogen-bond acceptors (Lipinski definition) is 4. The van der Waals surface area contributed by atoms with Crippen molar-refractivity contribution in [2.24, 2.45) is 5.73 Å². The predicted octanol–water partition coefficient (Wildman–Crippen LogP) is 1.79. The molecule has 2 rings (SSSR count). The van der Waals surface area contributed by atoms with E-state index in [4.69, 9.17) is 5.73 Å². The first-order valence-corrected chi connectivity index (χ1v) is 7.77. The minimum Gasteiger partial charge on any atom is -0.348 e. The van der Waals surface area contributed by atoms with Crippen LogP contribution >= 0.6 is 0 Å². The number of pyridine rings is 1. The molecule has 122 valence electrons. The van der Waals surface area contributed by atoms with E-state index in [0.717, 1.165) is 13.1 Å². The van der Waals surface area contributed by atoms with Gasteiger partial charge in [0.2, 0.25) is 0 Å². The highest BCUT2D eigenvalue weighted by molar-refractivity contribution is 5.94. The molecule has 5 nitrogen and oxygen atoms in total. The van der Waals surface area contributed by atoms with E-state index in [1.807, 2.05) is 25.1 Å². The third-order valence-corrected chi connectivity index (χ3v) is 3.55. The molecule has 1 aromatic carbocycles. The van der Waals surface area contributed by atoms with Crippen LogP contribution in [0.15, 0.2) is 48.7 Å². The van der Waals surface area contributed by atoms with E-state index in [-0.39, 0.29) is 11.9 Å². The minimum atomic E-state index is -0.0947. The molecule has 0 fully saturated rings. The molecule has 1 unspecified atom stereocenters. The Morgan fingerprint density at radius 1 is 1.30 bits per heavy atom. The summed E-state index contributed by atoms with van der Waals surface area (Å²) < 4.78 is 0. The Kier molecular flexibility index (Phi) is 6.26. The van der Waals surface area contributed by atoms with Crippen molar-refractivity contribution < 1.29 is 4.79 Å². The van der Waals surface area contributed by atoms with E-state index in [9.17, 15) is 4.79 Å². The number of rotatable bonds is 7. The lowest BCUT2D eigenvalue weighted by Gasteiger charge is -2.22. The number of benzene rings is 1. The molecule has 23 heavy (non-hydrogen) atoms. The van der Waals surface area contributed by atoms with Crippen molar-refractivity contribution >= 4 is 5.91 Å². The van der Waals surface area contributed by atoms with Crippen LogP contribution in [0.4, 0.5) is 0 Å². The molecule has 5 heteroatoms. The van der Waals surface area contributed by atoms with E-state index < -0.39 is 0 Å². The highest BCUT2D eigenvalue weighted by Crippen LogP contribution is 2.05. The van der Waals surface area contributed by atoms with Crippen molar-refractivity contribution in [1.82, 2.24) is 15.2 Å². The number of nitrogens with zero attached hydrogens (tertiary/aromatic N) is 2. The lowest BCUT2D eigenvalue weighted by molar-refractivity contribution is 0.0931. The van der Waals surface area contributed by atoms with E-state index >= 15 is 0 Å². The van der Waals surface area contributed by atoms with Crippen molar-refractivity contribution in [1.29, 1.82) is 0 Å². The van der Waals surface area contributed by atoms with Gasteiger partial charge in [0, 0.05) is 37.4 Å². The topological polar surface area (TPSA) is 71.2 Å². The Morgan fingerprint density at radius 3 is 2.74 bits per heavy atom. The highest BCUT2D eigenvalue weighted by Gasteiger charge is 2.12. The van der Waals surface area contributed by atoms with Gasteiger partial charge in [-0.25, -0.2) is 0 Å². The van der Waals surface area contributed by atoms with Crippen molar-refractivity contribution in [3.63, 3.8) is 0 Å². The Labute approximate surface area is 137 Å². The second-order valence-electron chi connectivity index (χ2n) is 5.80. The fourth-order valence-electron chi connectivity index (χ4n) is 2.51. The van der Waals surface area contributed by atoms with Gasteiger partial charge < -0.3 is 16.0 Å². The van der Waals surface area contributed by atoms with Gasteiger partial charge in [-0.2, -0.15) is 0 Å². The molecular weight excluding hydrogens is 288 g/mol. The molecule has 0 spiro atoms. The number of carbonyl (C=O) groups is 1. The zero-order valence-corrected chi connectivity index (χ0v) is 13.7. The maximum atomic E-state index is 12.3. The first-order valence-electron chi connectivity index (χ1n) is 7.77. The van der Waals surface area contributed by atoms with Gasteiger partial charge in [0.25, 0.3) is 5.91 Å². The second-order valence-corrected chi connectivity index (χ2v) is 5.80. The van der Waals surface area contributed by atoms with Crippen molar-refractivity contribution in [3.8, 4) is 0 Å². The number of nitrogens with one attached hydrogen (secondary N) is 1. The monoisotopic (exact) mass is 312 g/mol. The zero-order valence-electron chi connectivity index (χ0n) is 13.7. The largest absolute Gasteiger partial charge is 0.348 e. The highest BCUT2D eigenvalue weighted by atomic mass is 16.1.